The number of rotatable bonds is 5. The molecule has 0 aliphatic rings. The van der Waals surface area contributed by atoms with Crippen molar-refractivity contribution in [2.75, 3.05) is 0 Å². The van der Waals surface area contributed by atoms with Crippen LogP contribution in [-0.2, 0) is 9.36 Å². The normalized spacial score (nSPS) is 13.0. The zero-order valence-electron chi connectivity index (χ0n) is 12.7. The highest BCUT2D eigenvalue weighted by Crippen LogP contribution is 2.47. The van der Waals surface area contributed by atoms with E-state index in [0.29, 0.717) is 11.3 Å². The van der Waals surface area contributed by atoms with Gasteiger partial charge in [-0.1, -0.05) is 82.3 Å². The van der Waals surface area contributed by atoms with Crippen LogP contribution in [0.15, 0.2) is 42.5 Å². The van der Waals surface area contributed by atoms with Gasteiger partial charge in [0.15, 0.2) is 0 Å². The van der Waals surface area contributed by atoms with Gasteiger partial charge in [0.2, 0.25) is 12.5 Å². The molecule has 0 amide bonds. The summed E-state index contributed by atoms with van der Waals surface area (Å²) >= 11 is 30.4. The van der Waals surface area contributed by atoms with E-state index in [2.05, 4.69) is 0 Å². The second kappa shape index (κ2) is 8.88. The number of aliphatic carboxylic acids is 1. The van der Waals surface area contributed by atoms with E-state index in [1.807, 2.05) is 0 Å². The van der Waals surface area contributed by atoms with Crippen LogP contribution in [0.1, 0.15) is 11.1 Å². The molecule has 0 radical (unpaired) electrons. The predicted molar refractivity (Wildman–Crippen MR) is 109 cm³/mol. The molecule has 4 nitrogen and oxygen atoms in total. The highest BCUT2D eigenvalue weighted by Gasteiger charge is 2.34. The molecule has 2 aromatic rings. The number of carbonyl (C=O) groups is 1. The Balaban J connectivity index is 2.80. The first-order chi connectivity index (χ1) is 12.2. The zero-order chi connectivity index (χ0) is 19.5. The number of benzene rings is 2. The molecule has 0 aromatic heterocycles. The van der Waals surface area contributed by atoms with Crippen LogP contribution >= 0.6 is 66.7 Å². The standard InChI is InChI=1S/C16H10Cl5O4P/c17-11-3-1-2-10(14(11)18)12(15(22)23)13(16(19,20)21)8-4-6-9(7-5-8)25-26-24/h1-7H,26H2,(H,22,23). The van der Waals surface area contributed by atoms with Gasteiger partial charge in [-0.15, -0.1) is 0 Å². The Hall–Kier alpha value is -0.870. The van der Waals surface area contributed by atoms with Crippen LogP contribution in [0, 0.1) is 0 Å². The van der Waals surface area contributed by atoms with Crippen LogP contribution in [0.4, 0.5) is 0 Å². The van der Waals surface area contributed by atoms with Gasteiger partial charge in [-0.05, 0) is 23.8 Å². The van der Waals surface area contributed by atoms with Crippen molar-refractivity contribution in [1.29, 1.82) is 0 Å². The molecule has 2 rings (SSSR count). The molecule has 1 atom stereocenters. The Labute approximate surface area is 175 Å². The maximum Gasteiger partial charge on any atom is 0.336 e. The lowest BCUT2D eigenvalue weighted by Crippen LogP contribution is -2.14. The number of hydrogen-bond donors (Lipinski definition) is 1. The molecule has 1 N–H and O–H groups in total. The fourth-order valence-electron chi connectivity index (χ4n) is 2.26. The molecular formula is C16H10Cl5O4P. The maximum absolute atomic E-state index is 12.0. The minimum atomic E-state index is -2.08. The van der Waals surface area contributed by atoms with Gasteiger partial charge in [0.1, 0.15) is 5.75 Å². The Morgan fingerprint density at radius 3 is 2.15 bits per heavy atom. The van der Waals surface area contributed by atoms with Gasteiger partial charge < -0.3 is 9.63 Å². The van der Waals surface area contributed by atoms with E-state index < -0.39 is 18.4 Å². The summed E-state index contributed by atoms with van der Waals surface area (Å²) in [5, 5.41) is 9.96. The molecule has 10 heteroatoms. The zero-order valence-corrected chi connectivity index (χ0v) is 17.6. The minimum absolute atomic E-state index is 0.0215. The molecule has 0 aliphatic heterocycles. The Kier molecular flexibility index (Phi) is 7.32. The van der Waals surface area contributed by atoms with Gasteiger partial charge in [0.05, 0.1) is 15.6 Å². The number of carboxylic acids is 1. The van der Waals surface area contributed by atoms with Crippen molar-refractivity contribution in [3.8, 4) is 5.75 Å². The van der Waals surface area contributed by atoms with Crippen molar-refractivity contribution < 1.29 is 19.0 Å². The average molecular weight is 474 g/mol. The smallest absolute Gasteiger partial charge is 0.336 e. The maximum atomic E-state index is 12.0. The highest BCUT2D eigenvalue weighted by atomic mass is 35.6. The summed E-state index contributed by atoms with van der Waals surface area (Å²) in [7, 11) is -1.44. The van der Waals surface area contributed by atoms with E-state index in [0.717, 1.165) is 0 Å². The average Bonchev–Trinajstić information content (AvgIpc) is 2.55. The number of hydrogen-bond acceptors (Lipinski definition) is 3. The summed E-state index contributed by atoms with van der Waals surface area (Å²) in [5.74, 6) is -1.01. The Morgan fingerprint density at radius 2 is 1.65 bits per heavy atom. The second-order valence-electron chi connectivity index (χ2n) is 4.89. The van der Waals surface area contributed by atoms with Gasteiger partial charge in [-0.25, -0.2) is 4.79 Å². The fraction of sp³-hybridized carbons (Fsp3) is 0.0625. The van der Waals surface area contributed by atoms with Crippen molar-refractivity contribution in [3.05, 3.63) is 63.6 Å². The molecule has 1 unspecified atom stereocenters. The van der Waals surface area contributed by atoms with Crippen LogP contribution in [-0.4, -0.2) is 14.9 Å². The lowest BCUT2D eigenvalue weighted by Gasteiger charge is -2.21. The van der Waals surface area contributed by atoms with Crippen LogP contribution in [0.5, 0.6) is 5.75 Å². The lowest BCUT2D eigenvalue weighted by molar-refractivity contribution is -0.130. The third-order valence-corrected chi connectivity index (χ3v) is 5.05. The van der Waals surface area contributed by atoms with Crippen LogP contribution < -0.4 is 4.52 Å². The van der Waals surface area contributed by atoms with Crippen molar-refractivity contribution in [1.82, 2.24) is 0 Å². The van der Waals surface area contributed by atoms with Crippen LogP contribution in [0.2, 0.25) is 10.0 Å². The van der Waals surface area contributed by atoms with E-state index in [4.69, 9.17) is 62.5 Å². The first-order valence-corrected chi connectivity index (χ1v) is 9.70. The summed E-state index contributed by atoms with van der Waals surface area (Å²) < 4.78 is 13.4. The van der Waals surface area contributed by atoms with Crippen molar-refractivity contribution in [3.63, 3.8) is 0 Å². The summed E-state index contributed by atoms with van der Waals surface area (Å²) in [6.07, 6.45) is 0. The first kappa shape index (κ1) is 21.4. The number of halogens is 5. The summed E-state index contributed by atoms with van der Waals surface area (Å²) in [6, 6.07) is 10.5. The SMILES string of the molecule is O=[PH2]Oc1ccc(C(=C(C(=O)O)c2cccc(Cl)c2Cl)C(Cl)(Cl)Cl)cc1. The largest absolute Gasteiger partial charge is 0.478 e. The summed E-state index contributed by atoms with van der Waals surface area (Å²) in [4.78, 5) is 12.0. The van der Waals surface area contributed by atoms with E-state index in [9.17, 15) is 14.5 Å². The molecule has 0 bridgehead atoms. The topological polar surface area (TPSA) is 63.6 Å². The number of alkyl halides is 3. The molecule has 0 spiro atoms. The highest BCUT2D eigenvalue weighted by molar-refractivity contribution is 7.17. The quantitative estimate of drug-likeness (QED) is 0.235. The molecule has 0 aliphatic carbocycles. The molecule has 0 saturated carbocycles. The van der Waals surface area contributed by atoms with E-state index in [1.165, 1.54) is 42.5 Å². The van der Waals surface area contributed by atoms with Crippen LogP contribution in [0.25, 0.3) is 11.1 Å². The van der Waals surface area contributed by atoms with Crippen LogP contribution in [0.3, 0.4) is 0 Å². The number of carboxylic acid groups (broad SMARTS) is 1. The van der Waals surface area contributed by atoms with Gasteiger partial charge in [-0.3, -0.25) is 4.57 Å². The minimum Gasteiger partial charge on any atom is -0.478 e. The fourth-order valence-corrected chi connectivity index (χ4v) is 3.53. The molecule has 0 fully saturated rings. The number of allylic oxidation sites excluding steroid dienone is 1. The van der Waals surface area contributed by atoms with Gasteiger partial charge >= 0.3 is 5.97 Å². The Morgan fingerprint density at radius 1 is 1.04 bits per heavy atom. The van der Waals surface area contributed by atoms with Gasteiger partial charge in [0.25, 0.3) is 0 Å². The van der Waals surface area contributed by atoms with Crippen molar-refractivity contribution >= 4 is 83.8 Å². The van der Waals surface area contributed by atoms with Crippen molar-refractivity contribution in [2.24, 2.45) is 0 Å². The van der Waals surface area contributed by atoms with E-state index >= 15 is 0 Å². The molecule has 26 heavy (non-hydrogen) atoms. The first-order valence-electron chi connectivity index (χ1n) is 6.86. The molecular weight excluding hydrogens is 464 g/mol. The van der Waals surface area contributed by atoms with Crippen molar-refractivity contribution in [2.45, 2.75) is 3.79 Å². The molecule has 138 valence electrons. The molecule has 2 aromatic carbocycles. The molecule has 0 heterocycles. The monoisotopic (exact) mass is 472 g/mol. The molecule has 0 saturated heterocycles. The Bertz CT molecular complexity index is 875. The second-order valence-corrected chi connectivity index (χ2v) is 8.39. The third-order valence-electron chi connectivity index (χ3n) is 3.30. The van der Waals surface area contributed by atoms with Gasteiger partial charge in [0, 0.05) is 11.1 Å². The lowest BCUT2D eigenvalue weighted by atomic mass is 9.95. The summed E-state index contributed by atoms with van der Waals surface area (Å²) in [6.45, 7) is 0. The predicted octanol–water partition coefficient (Wildman–Crippen LogP) is 6.41. The summed E-state index contributed by atoms with van der Waals surface area (Å²) in [5.41, 5.74) is 0.0183. The van der Waals surface area contributed by atoms with E-state index in [-0.39, 0.29) is 26.8 Å². The third kappa shape index (κ3) is 4.89. The van der Waals surface area contributed by atoms with E-state index in [1.54, 1.807) is 0 Å². The van der Waals surface area contributed by atoms with Gasteiger partial charge in [-0.2, -0.15) is 0 Å².